The lowest BCUT2D eigenvalue weighted by molar-refractivity contribution is -0.136. The molecule has 0 aromatic heterocycles. The number of hydrogen-bond donors (Lipinski definition) is 2. The van der Waals surface area contributed by atoms with Crippen molar-refractivity contribution < 1.29 is 14.3 Å². The Morgan fingerprint density at radius 3 is 2.50 bits per heavy atom. The minimum atomic E-state index is -0.678. The molecule has 0 unspecified atom stereocenters. The fourth-order valence-electron chi connectivity index (χ4n) is 1.06. The van der Waals surface area contributed by atoms with Crippen molar-refractivity contribution in [3.05, 3.63) is 30.3 Å². The number of para-hydroxylation sites is 1. The van der Waals surface area contributed by atoms with Gasteiger partial charge >= 0.3 is 11.8 Å². The molecule has 0 spiro atoms. The van der Waals surface area contributed by atoms with E-state index >= 15 is 0 Å². The number of anilines is 1. The van der Waals surface area contributed by atoms with Gasteiger partial charge < -0.3 is 15.4 Å². The molecule has 0 saturated heterocycles. The van der Waals surface area contributed by atoms with Crippen LogP contribution in [0.15, 0.2) is 30.3 Å². The molecule has 16 heavy (non-hydrogen) atoms. The van der Waals surface area contributed by atoms with E-state index in [4.69, 9.17) is 4.74 Å². The summed E-state index contributed by atoms with van der Waals surface area (Å²) >= 11 is 0. The number of benzene rings is 1. The lowest BCUT2D eigenvalue weighted by atomic mass is 10.3. The molecule has 0 aliphatic rings. The van der Waals surface area contributed by atoms with Gasteiger partial charge in [-0.15, -0.1) is 0 Å². The number of carbonyl (C=O) groups is 2. The largest absolute Gasteiger partial charge is 0.383 e. The summed E-state index contributed by atoms with van der Waals surface area (Å²) in [6, 6.07) is 8.80. The molecule has 0 aliphatic carbocycles. The summed E-state index contributed by atoms with van der Waals surface area (Å²) < 4.78 is 4.74. The fraction of sp³-hybridized carbons (Fsp3) is 0.273. The highest BCUT2D eigenvalue weighted by Crippen LogP contribution is 2.04. The van der Waals surface area contributed by atoms with Crippen molar-refractivity contribution >= 4 is 17.5 Å². The Hall–Kier alpha value is -1.88. The number of carbonyl (C=O) groups excluding carboxylic acids is 2. The Balaban J connectivity index is 2.38. The van der Waals surface area contributed by atoms with Crippen molar-refractivity contribution in [3.63, 3.8) is 0 Å². The van der Waals surface area contributed by atoms with E-state index in [1.807, 2.05) is 6.07 Å². The van der Waals surface area contributed by atoms with Gasteiger partial charge in [0.25, 0.3) is 0 Å². The van der Waals surface area contributed by atoms with Crippen LogP contribution in [-0.2, 0) is 14.3 Å². The van der Waals surface area contributed by atoms with Crippen LogP contribution in [0.3, 0.4) is 0 Å². The smallest absolute Gasteiger partial charge is 0.313 e. The van der Waals surface area contributed by atoms with Crippen LogP contribution in [0.5, 0.6) is 0 Å². The quantitative estimate of drug-likeness (QED) is 0.572. The van der Waals surface area contributed by atoms with Crippen LogP contribution in [-0.4, -0.2) is 32.1 Å². The second-order valence-electron chi connectivity index (χ2n) is 3.07. The van der Waals surface area contributed by atoms with Gasteiger partial charge in [0.15, 0.2) is 0 Å². The molecule has 0 atom stereocenters. The third-order valence-corrected chi connectivity index (χ3v) is 1.83. The van der Waals surface area contributed by atoms with Gasteiger partial charge in [-0.3, -0.25) is 9.59 Å². The van der Waals surface area contributed by atoms with Gasteiger partial charge in [-0.25, -0.2) is 0 Å². The molecule has 0 saturated carbocycles. The van der Waals surface area contributed by atoms with Crippen molar-refractivity contribution in [1.29, 1.82) is 0 Å². The highest BCUT2D eigenvalue weighted by atomic mass is 16.5. The first-order valence-electron chi connectivity index (χ1n) is 4.87. The number of hydrogen-bond acceptors (Lipinski definition) is 3. The monoisotopic (exact) mass is 222 g/mol. The molecule has 0 aliphatic heterocycles. The normalized spacial score (nSPS) is 9.56. The lowest BCUT2D eigenvalue weighted by Gasteiger charge is -2.05. The number of rotatable bonds is 4. The van der Waals surface area contributed by atoms with Crippen molar-refractivity contribution in [3.8, 4) is 0 Å². The number of nitrogens with one attached hydrogen (secondary N) is 2. The summed E-state index contributed by atoms with van der Waals surface area (Å²) in [5.41, 5.74) is 0.592. The van der Waals surface area contributed by atoms with E-state index in [1.54, 1.807) is 24.3 Å². The Morgan fingerprint density at radius 2 is 1.88 bits per heavy atom. The highest BCUT2D eigenvalue weighted by molar-refractivity contribution is 6.39. The summed E-state index contributed by atoms with van der Waals surface area (Å²) in [5.74, 6) is -1.34. The summed E-state index contributed by atoms with van der Waals surface area (Å²) in [6.07, 6.45) is 0. The second kappa shape index (κ2) is 6.58. The first-order chi connectivity index (χ1) is 7.74. The maximum absolute atomic E-state index is 11.3. The van der Waals surface area contributed by atoms with E-state index in [0.29, 0.717) is 18.8 Å². The molecule has 0 heterocycles. The zero-order valence-electron chi connectivity index (χ0n) is 9.03. The van der Waals surface area contributed by atoms with Gasteiger partial charge in [-0.1, -0.05) is 18.2 Å². The second-order valence-corrected chi connectivity index (χ2v) is 3.07. The molecule has 1 aromatic rings. The van der Waals surface area contributed by atoms with E-state index < -0.39 is 11.8 Å². The molecule has 86 valence electrons. The predicted octanol–water partition coefficient (Wildman–Crippen LogP) is 0.388. The number of amides is 2. The molecule has 1 aromatic carbocycles. The zero-order valence-corrected chi connectivity index (χ0v) is 9.03. The molecule has 5 heteroatoms. The van der Waals surface area contributed by atoms with Gasteiger partial charge in [0.05, 0.1) is 6.61 Å². The number of methoxy groups -OCH3 is 1. The average molecular weight is 222 g/mol. The maximum Gasteiger partial charge on any atom is 0.313 e. The van der Waals surface area contributed by atoms with Crippen LogP contribution in [0.25, 0.3) is 0 Å². The summed E-state index contributed by atoms with van der Waals surface area (Å²) in [6.45, 7) is 0.696. The van der Waals surface area contributed by atoms with Crippen LogP contribution in [0.2, 0.25) is 0 Å². The number of ether oxygens (including phenoxy) is 1. The molecule has 0 bridgehead atoms. The molecular weight excluding hydrogens is 208 g/mol. The van der Waals surface area contributed by atoms with Gasteiger partial charge in [0.1, 0.15) is 0 Å². The Kier molecular flexibility index (Phi) is 5.01. The van der Waals surface area contributed by atoms with E-state index in [0.717, 1.165) is 0 Å². The Morgan fingerprint density at radius 1 is 1.19 bits per heavy atom. The van der Waals surface area contributed by atoms with Crippen molar-refractivity contribution in [2.45, 2.75) is 0 Å². The van der Waals surface area contributed by atoms with E-state index in [-0.39, 0.29) is 0 Å². The summed E-state index contributed by atoms with van der Waals surface area (Å²) in [4.78, 5) is 22.6. The van der Waals surface area contributed by atoms with Gasteiger partial charge in [0, 0.05) is 19.3 Å². The maximum atomic E-state index is 11.3. The first-order valence-corrected chi connectivity index (χ1v) is 4.87. The summed E-state index contributed by atoms with van der Waals surface area (Å²) in [5, 5.41) is 4.90. The van der Waals surface area contributed by atoms with Crippen LogP contribution in [0.4, 0.5) is 5.69 Å². The van der Waals surface area contributed by atoms with E-state index in [2.05, 4.69) is 10.6 Å². The minimum absolute atomic E-state index is 0.317. The molecule has 5 nitrogen and oxygen atoms in total. The van der Waals surface area contributed by atoms with Gasteiger partial charge in [-0.05, 0) is 12.1 Å². The lowest BCUT2D eigenvalue weighted by Crippen LogP contribution is -2.37. The van der Waals surface area contributed by atoms with Crippen LogP contribution >= 0.6 is 0 Å². The fourth-order valence-corrected chi connectivity index (χ4v) is 1.06. The third-order valence-electron chi connectivity index (χ3n) is 1.83. The molecule has 0 radical (unpaired) electrons. The van der Waals surface area contributed by atoms with Gasteiger partial charge in [0.2, 0.25) is 0 Å². The Labute approximate surface area is 93.8 Å². The van der Waals surface area contributed by atoms with Crippen LogP contribution < -0.4 is 10.6 Å². The van der Waals surface area contributed by atoms with Crippen LogP contribution in [0, 0.1) is 0 Å². The third kappa shape index (κ3) is 4.10. The summed E-state index contributed by atoms with van der Waals surface area (Å²) in [7, 11) is 1.52. The minimum Gasteiger partial charge on any atom is -0.383 e. The van der Waals surface area contributed by atoms with Crippen molar-refractivity contribution in [2.75, 3.05) is 25.6 Å². The zero-order chi connectivity index (χ0) is 11.8. The van der Waals surface area contributed by atoms with E-state index in [1.165, 1.54) is 7.11 Å². The highest BCUT2D eigenvalue weighted by Gasteiger charge is 2.12. The standard InChI is InChI=1S/C11H14N2O3/c1-16-8-7-12-10(14)11(15)13-9-5-3-2-4-6-9/h2-6H,7-8H2,1H3,(H,12,14)(H,13,15). The molecule has 1 rings (SSSR count). The molecule has 0 fully saturated rings. The average Bonchev–Trinajstić information content (AvgIpc) is 2.30. The van der Waals surface area contributed by atoms with Crippen molar-refractivity contribution in [2.24, 2.45) is 0 Å². The van der Waals surface area contributed by atoms with Gasteiger partial charge in [-0.2, -0.15) is 0 Å². The Bertz CT molecular complexity index is 352. The van der Waals surface area contributed by atoms with E-state index in [9.17, 15) is 9.59 Å². The SMILES string of the molecule is COCCNC(=O)C(=O)Nc1ccccc1. The predicted molar refractivity (Wildman–Crippen MR) is 60.0 cm³/mol. The molecular formula is C11H14N2O3. The topological polar surface area (TPSA) is 67.4 Å². The molecule has 2 N–H and O–H groups in total. The van der Waals surface area contributed by atoms with Crippen LogP contribution in [0.1, 0.15) is 0 Å². The molecule has 2 amide bonds. The van der Waals surface area contributed by atoms with Crippen molar-refractivity contribution in [1.82, 2.24) is 5.32 Å². The first kappa shape index (κ1) is 12.2.